The highest BCUT2D eigenvalue weighted by atomic mass is 16.5. The maximum absolute atomic E-state index is 11.8. The Balaban J connectivity index is 1.70. The summed E-state index contributed by atoms with van der Waals surface area (Å²) >= 11 is 0. The Hall–Kier alpha value is -0.530. The van der Waals surface area contributed by atoms with Gasteiger partial charge in [0.05, 0.1) is 0 Å². The minimum atomic E-state index is -0.0570. The first-order chi connectivity index (χ1) is 10.9. The molecule has 0 amide bonds. The fourth-order valence-electron chi connectivity index (χ4n) is 7.56. The number of hydrogen-bond acceptors (Lipinski definition) is 2. The first-order valence-electron chi connectivity index (χ1n) is 10.1. The van der Waals surface area contributed by atoms with Gasteiger partial charge in [-0.25, -0.2) is 0 Å². The van der Waals surface area contributed by atoms with E-state index in [0.29, 0.717) is 16.7 Å². The van der Waals surface area contributed by atoms with Crippen LogP contribution < -0.4 is 0 Å². The van der Waals surface area contributed by atoms with Crippen molar-refractivity contribution >= 4 is 5.97 Å². The molecule has 0 aromatic rings. The van der Waals surface area contributed by atoms with Crippen molar-refractivity contribution in [3.8, 4) is 0 Å². The van der Waals surface area contributed by atoms with E-state index in [1.807, 2.05) is 0 Å². The summed E-state index contributed by atoms with van der Waals surface area (Å²) in [6.45, 7) is 6.73. The molecule has 23 heavy (non-hydrogen) atoms. The highest BCUT2D eigenvalue weighted by molar-refractivity contribution is 5.66. The SMILES string of the molecule is CC(=O)O[C@@H]1C[C@H]2CCCC[C@]2(C)[C@H]2CC[C@]3(C)CCC[C@H]3[C@H]12. The lowest BCUT2D eigenvalue weighted by Gasteiger charge is -2.61. The Morgan fingerprint density at radius 3 is 2.57 bits per heavy atom. The van der Waals surface area contributed by atoms with E-state index in [0.717, 1.165) is 24.2 Å². The normalized spacial score (nSPS) is 52.2. The van der Waals surface area contributed by atoms with Crippen molar-refractivity contribution in [1.82, 2.24) is 0 Å². The number of rotatable bonds is 1. The van der Waals surface area contributed by atoms with Crippen molar-refractivity contribution in [3.05, 3.63) is 0 Å². The third-order valence-corrected chi connectivity index (χ3v) is 8.68. The summed E-state index contributed by atoms with van der Waals surface area (Å²) in [5.74, 6) is 2.96. The van der Waals surface area contributed by atoms with Crippen LogP contribution in [0, 0.1) is 34.5 Å². The number of ether oxygens (including phenoxy) is 1. The van der Waals surface area contributed by atoms with E-state index in [9.17, 15) is 4.79 Å². The number of carbonyl (C=O) groups excluding carboxylic acids is 1. The molecule has 4 aliphatic carbocycles. The van der Waals surface area contributed by atoms with Gasteiger partial charge in [0, 0.05) is 12.8 Å². The average Bonchev–Trinajstić information content (AvgIpc) is 2.88. The molecule has 0 aromatic heterocycles. The third kappa shape index (κ3) is 2.38. The van der Waals surface area contributed by atoms with E-state index in [2.05, 4.69) is 13.8 Å². The Bertz CT molecular complexity index is 486. The lowest BCUT2D eigenvalue weighted by molar-refractivity contribution is -0.185. The molecule has 2 heteroatoms. The standard InChI is InChI=1S/C21H34O2/c1-14(22)23-18-13-15-7-4-5-11-21(15,3)17-9-12-20(2)10-6-8-16(20)19(17)18/h15-19H,4-13H2,1-3H3/t15-,16+,17+,18-,19+,20+,21+/m1/s1. The molecule has 7 atom stereocenters. The van der Waals surface area contributed by atoms with Gasteiger partial charge in [-0.2, -0.15) is 0 Å². The maximum atomic E-state index is 11.8. The van der Waals surface area contributed by atoms with Crippen LogP contribution >= 0.6 is 0 Å². The van der Waals surface area contributed by atoms with Crippen LogP contribution in [-0.4, -0.2) is 12.1 Å². The van der Waals surface area contributed by atoms with Gasteiger partial charge < -0.3 is 4.74 Å². The highest BCUT2D eigenvalue weighted by Gasteiger charge is 2.60. The van der Waals surface area contributed by atoms with E-state index in [1.165, 1.54) is 57.8 Å². The van der Waals surface area contributed by atoms with E-state index < -0.39 is 0 Å². The summed E-state index contributed by atoms with van der Waals surface area (Å²) in [5, 5.41) is 0. The number of hydrogen-bond donors (Lipinski definition) is 0. The molecule has 130 valence electrons. The molecule has 0 N–H and O–H groups in total. The quantitative estimate of drug-likeness (QED) is 0.609. The molecule has 0 aromatic carbocycles. The monoisotopic (exact) mass is 318 g/mol. The average molecular weight is 319 g/mol. The van der Waals surface area contributed by atoms with E-state index in [-0.39, 0.29) is 12.1 Å². The van der Waals surface area contributed by atoms with Crippen LogP contribution in [0.5, 0.6) is 0 Å². The second-order valence-corrected chi connectivity index (χ2v) is 9.71. The predicted molar refractivity (Wildman–Crippen MR) is 91.9 cm³/mol. The van der Waals surface area contributed by atoms with Gasteiger partial charge in [-0.15, -0.1) is 0 Å². The molecule has 2 nitrogen and oxygen atoms in total. The molecule has 4 rings (SSSR count). The van der Waals surface area contributed by atoms with E-state index in [1.54, 1.807) is 6.92 Å². The molecule has 0 unspecified atom stereocenters. The zero-order valence-electron chi connectivity index (χ0n) is 15.3. The summed E-state index contributed by atoms with van der Waals surface area (Å²) in [7, 11) is 0. The fraction of sp³-hybridized carbons (Fsp3) is 0.952. The van der Waals surface area contributed by atoms with Crippen LogP contribution in [-0.2, 0) is 9.53 Å². The van der Waals surface area contributed by atoms with Gasteiger partial charge in [0.1, 0.15) is 6.10 Å². The largest absolute Gasteiger partial charge is 0.462 e. The highest BCUT2D eigenvalue weighted by Crippen LogP contribution is 2.66. The molecule has 4 saturated carbocycles. The molecule has 0 spiro atoms. The van der Waals surface area contributed by atoms with Crippen LogP contribution in [0.4, 0.5) is 0 Å². The summed E-state index contributed by atoms with van der Waals surface area (Å²) in [5.41, 5.74) is 1.04. The minimum absolute atomic E-state index is 0.0570. The smallest absolute Gasteiger partial charge is 0.302 e. The summed E-state index contributed by atoms with van der Waals surface area (Å²) in [4.78, 5) is 11.8. The summed E-state index contributed by atoms with van der Waals surface area (Å²) < 4.78 is 5.97. The summed E-state index contributed by atoms with van der Waals surface area (Å²) in [6.07, 6.45) is 13.9. The zero-order chi connectivity index (χ0) is 16.2. The zero-order valence-corrected chi connectivity index (χ0v) is 15.3. The van der Waals surface area contributed by atoms with E-state index in [4.69, 9.17) is 4.74 Å². The Morgan fingerprint density at radius 1 is 0.957 bits per heavy atom. The maximum Gasteiger partial charge on any atom is 0.302 e. The van der Waals surface area contributed by atoms with Crippen LogP contribution in [0.15, 0.2) is 0 Å². The van der Waals surface area contributed by atoms with Crippen molar-refractivity contribution in [2.75, 3.05) is 0 Å². The molecule has 0 aliphatic heterocycles. The third-order valence-electron chi connectivity index (χ3n) is 8.68. The topological polar surface area (TPSA) is 26.3 Å². The molecule has 0 saturated heterocycles. The molecular weight excluding hydrogens is 284 g/mol. The van der Waals surface area contributed by atoms with Gasteiger partial charge in [-0.05, 0) is 73.5 Å². The minimum Gasteiger partial charge on any atom is -0.462 e. The Labute approximate surface area is 141 Å². The van der Waals surface area contributed by atoms with Crippen molar-refractivity contribution in [1.29, 1.82) is 0 Å². The van der Waals surface area contributed by atoms with Crippen LogP contribution in [0.2, 0.25) is 0 Å². The molecule has 0 radical (unpaired) electrons. The number of esters is 1. The van der Waals surface area contributed by atoms with Gasteiger partial charge in [0.25, 0.3) is 0 Å². The summed E-state index contributed by atoms with van der Waals surface area (Å²) in [6, 6.07) is 0. The van der Waals surface area contributed by atoms with E-state index >= 15 is 0 Å². The lowest BCUT2D eigenvalue weighted by Crippen LogP contribution is -2.57. The van der Waals surface area contributed by atoms with Crippen LogP contribution in [0.3, 0.4) is 0 Å². The predicted octanol–water partition coefficient (Wildman–Crippen LogP) is 5.35. The van der Waals surface area contributed by atoms with Crippen molar-refractivity contribution < 1.29 is 9.53 Å². The van der Waals surface area contributed by atoms with Crippen molar-refractivity contribution in [2.24, 2.45) is 34.5 Å². The second kappa shape index (κ2) is 5.49. The lowest BCUT2D eigenvalue weighted by atomic mass is 9.44. The first-order valence-corrected chi connectivity index (χ1v) is 10.1. The van der Waals surface area contributed by atoms with Crippen molar-refractivity contribution in [3.63, 3.8) is 0 Å². The molecule has 0 bridgehead atoms. The Morgan fingerprint density at radius 2 is 1.78 bits per heavy atom. The second-order valence-electron chi connectivity index (χ2n) is 9.71. The van der Waals surface area contributed by atoms with Gasteiger partial charge in [0.15, 0.2) is 0 Å². The van der Waals surface area contributed by atoms with Crippen LogP contribution in [0.1, 0.15) is 85.0 Å². The number of carbonyl (C=O) groups is 1. The Kier molecular flexibility index (Phi) is 3.81. The number of fused-ring (bicyclic) bond motifs is 5. The van der Waals surface area contributed by atoms with Crippen molar-refractivity contribution in [2.45, 2.75) is 91.1 Å². The van der Waals surface area contributed by atoms with Gasteiger partial charge >= 0.3 is 5.97 Å². The van der Waals surface area contributed by atoms with Gasteiger partial charge in [0.2, 0.25) is 0 Å². The molecule has 4 aliphatic rings. The molecule has 0 heterocycles. The van der Waals surface area contributed by atoms with Gasteiger partial charge in [-0.1, -0.05) is 33.1 Å². The van der Waals surface area contributed by atoms with Gasteiger partial charge in [-0.3, -0.25) is 4.79 Å². The first kappa shape index (κ1) is 16.0. The van der Waals surface area contributed by atoms with Crippen LogP contribution in [0.25, 0.3) is 0 Å². The fourth-order valence-corrected chi connectivity index (χ4v) is 7.56. The molecule has 4 fully saturated rings. The molecular formula is C21H34O2.